The van der Waals surface area contributed by atoms with E-state index in [1.807, 2.05) is 54.6 Å². The number of benzene rings is 4. The Bertz CT molecular complexity index is 1210. The molecule has 0 bridgehead atoms. The van der Waals surface area contributed by atoms with Crippen molar-refractivity contribution in [1.29, 1.82) is 0 Å². The molecule has 0 radical (unpaired) electrons. The highest BCUT2D eigenvalue weighted by molar-refractivity contribution is 5.91. The maximum atomic E-state index is 15.0. The standard InChI is InChI=1S/C27H22FN/c1-27(2)21-12-7-6-11-20(21)26-22(27)13-8-14-25(26)29-24-16-15-19(17-23(24)28)18-9-4-3-5-10-18/h3-17,29H,1-2H3. The van der Waals surface area contributed by atoms with Gasteiger partial charge in [0.05, 0.1) is 5.69 Å². The Labute approximate surface area is 170 Å². The summed E-state index contributed by atoms with van der Waals surface area (Å²) in [5.41, 5.74) is 8.20. The van der Waals surface area contributed by atoms with Crippen molar-refractivity contribution in [3.05, 3.63) is 108 Å². The fourth-order valence-corrected chi connectivity index (χ4v) is 4.43. The molecule has 0 saturated carbocycles. The maximum Gasteiger partial charge on any atom is 0.147 e. The van der Waals surface area contributed by atoms with Gasteiger partial charge in [-0.05, 0) is 46.0 Å². The molecule has 1 aliphatic carbocycles. The zero-order chi connectivity index (χ0) is 20.0. The Hall–Kier alpha value is -3.39. The molecular weight excluding hydrogens is 357 g/mol. The zero-order valence-corrected chi connectivity index (χ0v) is 16.5. The molecule has 1 N–H and O–H groups in total. The minimum atomic E-state index is -0.255. The second-order valence-corrected chi connectivity index (χ2v) is 8.08. The van der Waals surface area contributed by atoms with Crippen LogP contribution in [0.5, 0.6) is 0 Å². The summed E-state index contributed by atoms with van der Waals surface area (Å²) < 4.78 is 15.0. The first kappa shape index (κ1) is 17.7. The maximum absolute atomic E-state index is 15.0. The Morgan fingerprint density at radius 3 is 2.17 bits per heavy atom. The van der Waals surface area contributed by atoms with Gasteiger partial charge in [-0.2, -0.15) is 0 Å². The summed E-state index contributed by atoms with van der Waals surface area (Å²) in [4.78, 5) is 0. The predicted octanol–water partition coefficient (Wildman–Crippen LogP) is 7.54. The molecule has 1 nitrogen and oxygen atoms in total. The van der Waals surface area contributed by atoms with Gasteiger partial charge in [0.25, 0.3) is 0 Å². The van der Waals surface area contributed by atoms with Crippen LogP contribution in [0.3, 0.4) is 0 Å². The lowest BCUT2D eigenvalue weighted by Gasteiger charge is -2.21. The summed E-state index contributed by atoms with van der Waals surface area (Å²) in [6, 6.07) is 30.0. The van der Waals surface area contributed by atoms with Crippen LogP contribution in [0.25, 0.3) is 22.3 Å². The molecule has 4 aromatic carbocycles. The lowest BCUT2D eigenvalue weighted by molar-refractivity contribution is 0.632. The quantitative estimate of drug-likeness (QED) is 0.388. The Morgan fingerprint density at radius 2 is 1.38 bits per heavy atom. The highest BCUT2D eigenvalue weighted by Crippen LogP contribution is 2.51. The summed E-state index contributed by atoms with van der Waals surface area (Å²) in [6.07, 6.45) is 0. The molecule has 0 atom stereocenters. The van der Waals surface area contributed by atoms with E-state index in [2.05, 4.69) is 49.5 Å². The Balaban J connectivity index is 1.57. The largest absolute Gasteiger partial charge is 0.353 e. The molecule has 1 aliphatic rings. The molecule has 5 rings (SSSR count). The van der Waals surface area contributed by atoms with Gasteiger partial charge in [0.15, 0.2) is 0 Å². The Kier molecular flexibility index (Phi) is 4.02. The Morgan fingerprint density at radius 1 is 0.655 bits per heavy atom. The van der Waals surface area contributed by atoms with Gasteiger partial charge in [-0.15, -0.1) is 0 Å². The fourth-order valence-electron chi connectivity index (χ4n) is 4.43. The highest BCUT2D eigenvalue weighted by atomic mass is 19.1. The van der Waals surface area contributed by atoms with E-state index in [1.54, 1.807) is 6.07 Å². The lowest BCUT2D eigenvalue weighted by Crippen LogP contribution is -2.14. The number of anilines is 2. The van der Waals surface area contributed by atoms with E-state index < -0.39 is 0 Å². The van der Waals surface area contributed by atoms with Crippen LogP contribution < -0.4 is 5.32 Å². The van der Waals surface area contributed by atoms with Gasteiger partial charge < -0.3 is 5.32 Å². The van der Waals surface area contributed by atoms with Crippen molar-refractivity contribution in [1.82, 2.24) is 0 Å². The van der Waals surface area contributed by atoms with Crippen molar-refractivity contribution < 1.29 is 4.39 Å². The monoisotopic (exact) mass is 379 g/mol. The molecule has 2 heteroatoms. The predicted molar refractivity (Wildman–Crippen MR) is 119 cm³/mol. The average molecular weight is 379 g/mol. The van der Waals surface area contributed by atoms with Gasteiger partial charge >= 0.3 is 0 Å². The van der Waals surface area contributed by atoms with Gasteiger partial charge in [0.2, 0.25) is 0 Å². The molecule has 0 spiro atoms. The average Bonchev–Trinajstić information content (AvgIpc) is 2.99. The molecule has 4 aromatic rings. The van der Waals surface area contributed by atoms with Crippen LogP contribution in [-0.2, 0) is 5.41 Å². The van der Waals surface area contributed by atoms with Gasteiger partial charge in [-0.1, -0.05) is 86.6 Å². The topological polar surface area (TPSA) is 12.0 Å². The van der Waals surface area contributed by atoms with Crippen LogP contribution in [0.1, 0.15) is 25.0 Å². The number of fused-ring (bicyclic) bond motifs is 3. The molecule has 0 heterocycles. The van der Waals surface area contributed by atoms with Gasteiger partial charge in [-0.25, -0.2) is 4.39 Å². The van der Waals surface area contributed by atoms with Crippen molar-refractivity contribution in [2.75, 3.05) is 5.32 Å². The molecule has 0 amide bonds. The van der Waals surface area contributed by atoms with Crippen molar-refractivity contribution >= 4 is 11.4 Å². The molecular formula is C27H22FN. The first-order chi connectivity index (χ1) is 14.1. The molecule has 142 valence electrons. The SMILES string of the molecule is CC1(C)c2ccccc2-c2c(Nc3ccc(-c4ccccc4)cc3F)cccc21. The summed E-state index contributed by atoms with van der Waals surface area (Å²) in [5.74, 6) is -0.255. The van der Waals surface area contributed by atoms with Crippen molar-refractivity contribution in [3.63, 3.8) is 0 Å². The minimum absolute atomic E-state index is 0.0701. The van der Waals surface area contributed by atoms with Crippen molar-refractivity contribution in [2.45, 2.75) is 19.3 Å². The van der Waals surface area contributed by atoms with Crippen LogP contribution in [0.15, 0.2) is 91.0 Å². The van der Waals surface area contributed by atoms with Gasteiger partial charge in [0.1, 0.15) is 5.82 Å². The summed E-state index contributed by atoms with van der Waals surface area (Å²) in [6.45, 7) is 4.49. The molecule has 0 fully saturated rings. The summed E-state index contributed by atoms with van der Waals surface area (Å²) >= 11 is 0. The second kappa shape index (κ2) is 6.59. The van der Waals surface area contributed by atoms with E-state index in [1.165, 1.54) is 22.3 Å². The first-order valence-corrected chi connectivity index (χ1v) is 9.91. The van der Waals surface area contributed by atoms with Crippen molar-refractivity contribution in [3.8, 4) is 22.3 Å². The first-order valence-electron chi connectivity index (χ1n) is 9.91. The van der Waals surface area contributed by atoms with E-state index in [0.29, 0.717) is 5.69 Å². The zero-order valence-electron chi connectivity index (χ0n) is 16.5. The number of hydrogen-bond donors (Lipinski definition) is 1. The van der Waals surface area contributed by atoms with Crippen LogP contribution in [0.2, 0.25) is 0 Å². The molecule has 0 aliphatic heterocycles. The molecule has 29 heavy (non-hydrogen) atoms. The van der Waals surface area contributed by atoms with Gasteiger partial charge in [0, 0.05) is 16.7 Å². The van der Waals surface area contributed by atoms with Crippen LogP contribution in [0, 0.1) is 5.82 Å². The van der Waals surface area contributed by atoms with Crippen molar-refractivity contribution in [2.24, 2.45) is 0 Å². The van der Waals surface area contributed by atoms with Gasteiger partial charge in [-0.3, -0.25) is 0 Å². The van der Waals surface area contributed by atoms with Crippen LogP contribution in [0.4, 0.5) is 15.8 Å². The van der Waals surface area contributed by atoms with E-state index in [4.69, 9.17) is 0 Å². The van der Waals surface area contributed by atoms with E-state index in [9.17, 15) is 4.39 Å². The normalized spacial score (nSPS) is 13.6. The number of halogens is 1. The van der Waals surface area contributed by atoms with E-state index >= 15 is 0 Å². The van der Waals surface area contributed by atoms with Crippen LogP contribution in [-0.4, -0.2) is 0 Å². The number of rotatable bonds is 3. The molecule has 0 aromatic heterocycles. The summed E-state index contributed by atoms with van der Waals surface area (Å²) in [5, 5.41) is 3.35. The van der Waals surface area contributed by atoms with Crippen LogP contribution >= 0.6 is 0 Å². The third kappa shape index (κ3) is 2.84. The number of nitrogens with one attached hydrogen (secondary N) is 1. The van der Waals surface area contributed by atoms with E-state index in [-0.39, 0.29) is 11.2 Å². The van der Waals surface area contributed by atoms with E-state index in [0.717, 1.165) is 16.8 Å². The number of hydrogen-bond acceptors (Lipinski definition) is 1. The smallest absolute Gasteiger partial charge is 0.147 e. The molecule has 0 saturated heterocycles. The third-order valence-corrected chi connectivity index (χ3v) is 5.95. The second-order valence-electron chi connectivity index (χ2n) is 8.08. The minimum Gasteiger partial charge on any atom is -0.353 e. The lowest BCUT2D eigenvalue weighted by atomic mass is 9.82. The highest BCUT2D eigenvalue weighted by Gasteiger charge is 2.36. The molecule has 0 unspecified atom stereocenters. The summed E-state index contributed by atoms with van der Waals surface area (Å²) in [7, 11) is 0. The fraction of sp³-hybridized carbons (Fsp3) is 0.111. The third-order valence-electron chi connectivity index (χ3n) is 5.95.